The number of ether oxygens (including phenoxy) is 1. The van der Waals surface area contributed by atoms with Crippen molar-refractivity contribution in [1.82, 2.24) is 25.5 Å². The molecule has 1 aromatic rings. The largest absolute Gasteiger partial charge is 0.468 e. The molecule has 0 aromatic carbocycles. The van der Waals surface area contributed by atoms with Crippen molar-refractivity contribution >= 4 is 17.4 Å². The average molecular weight is 540 g/mol. The van der Waals surface area contributed by atoms with Crippen molar-refractivity contribution in [2.24, 2.45) is 17.8 Å². The van der Waals surface area contributed by atoms with Gasteiger partial charge < -0.3 is 9.64 Å². The van der Waals surface area contributed by atoms with Crippen molar-refractivity contribution in [3.8, 4) is 11.8 Å². The van der Waals surface area contributed by atoms with E-state index in [-0.39, 0.29) is 24.3 Å². The topological polar surface area (TPSA) is 101 Å². The number of nitrogens with zero attached hydrogens (tertiary/aromatic N) is 4. The molecule has 0 spiro atoms. The summed E-state index contributed by atoms with van der Waals surface area (Å²) in [5, 5.41) is 14.4. The Bertz CT molecular complexity index is 1010. The molecule has 0 aliphatic heterocycles. The van der Waals surface area contributed by atoms with Crippen molar-refractivity contribution < 1.29 is 14.3 Å². The summed E-state index contributed by atoms with van der Waals surface area (Å²) >= 11 is 0. The van der Waals surface area contributed by atoms with Gasteiger partial charge in [-0.3, -0.25) is 9.59 Å². The van der Waals surface area contributed by atoms with Crippen LogP contribution in [0.2, 0.25) is 0 Å². The molecule has 216 valence electrons. The van der Waals surface area contributed by atoms with Crippen LogP contribution in [0.4, 0.5) is 0 Å². The minimum atomic E-state index is -0.432. The van der Waals surface area contributed by atoms with Gasteiger partial charge in [-0.1, -0.05) is 104 Å². The van der Waals surface area contributed by atoms with E-state index in [1.807, 2.05) is 65.0 Å². The third-order valence-corrected chi connectivity index (χ3v) is 5.26. The van der Waals surface area contributed by atoms with Crippen molar-refractivity contribution in [3.05, 3.63) is 47.9 Å². The van der Waals surface area contributed by atoms with Crippen LogP contribution >= 0.6 is 0 Å². The number of unbranched alkanes of at least 4 members (excludes halogenated alkanes) is 1. The number of hydrogen-bond acceptors (Lipinski definition) is 6. The van der Waals surface area contributed by atoms with E-state index in [1.165, 1.54) is 7.11 Å². The number of methoxy groups -OCH3 is 1. The molecule has 2 aliphatic rings. The van der Waals surface area contributed by atoms with Gasteiger partial charge in [-0.05, 0) is 35.6 Å². The molecule has 0 saturated carbocycles. The molecule has 2 atom stereocenters. The van der Waals surface area contributed by atoms with Gasteiger partial charge in [0.2, 0.25) is 11.7 Å². The second-order valence-electron chi connectivity index (χ2n) is 9.16. The van der Waals surface area contributed by atoms with Gasteiger partial charge in [0.25, 0.3) is 0 Å². The Morgan fingerprint density at radius 3 is 2.49 bits per heavy atom. The SMILES string of the molecule is CC.CC.CC(C)C.CCCCC(=O)N(CC(=O)OC)CC1C#CC=C(C2CC=CC=C2c2nn[nH]n2)C=C1. The molecule has 39 heavy (non-hydrogen) atoms. The Hall–Kier alpha value is -3.47. The van der Waals surface area contributed by atoms with Gasteiger partial charge in [-0.2, -0.15) is 5.21 Å². The van der Waals surface area contributed by atoms with Crippen LogP contribution in [-0.4, -0.2) is 57.6 Å². The highest BCUT2D eigenvalue weighted by molar-refractivity contribution is 5.82. The Morgan fingerprint density at radius 2 is 1.90 bits per heavy atom. The number of allylic oxidation sites excluding steroid dienone is 7. The van der Waals surface area contributed by atoms with Crippen LogP contribution in [0, 0.1) is 29.6 Å². The first-order chi connectivity index (χ1) is 18.8. The number of aromatic amines is 1. The number of aromatic nitrogens is 4. The van der Waals surface area contributed by atoms with E-state index in [4.69, 9.17) is 4.74 Å². The van der Waals surface area contributed by atoms with Crippen LogP contribution in [-0.2, 0) is 14.3 Å². The molecule has 3 rings (SSSR count). The maximum Gasteiger partial charge on any atom is 0.325 e. The molecular weight excluding hydrogens is 490 g/mol. The molecule has 0 saturated heterocycles. The smallest absolute Gasteiger partial charge is 0.325 e. The molecule has 8 heteroatoms. The third kappa shape index (κ3) is 13.8. The lowest BCUT2D eigenvalue weighted by Crippen LogP contribution is -2.39. The lowest BCUT2D eigenvalue weighted by molar-refractivity contribution is -0.147. The van der Waals surface area contributed by atoms with Gasteiger partial charge >= 0.3 is 5.97 Å². The Labute approximate surface area is 236 Å². The first-order valence-corrected chi connectivity index (χ1v) is 14.2. The lowest BCUT2D eigenvalue weighted by atomic mass is 9.84. The summed E-state index contributed by atoms with van der Waals surface area (Å²) < 4.78 is 4.76. The minimum Gasteiger partial charge on any atom is -0.468 e. The highest BCUT2D eigenvalue weighted by Gasteiger charge is 2.24. The zero-order valence-electron chi connectivity index (χ0n) is 25.5. The summed E-state index contributed by atoms with van der Waals surface area (Å²) in [5.41, 5.74) is 2.03. The standard InChI is InChI=1S/C23H27N5O3.C4H10.2C2H6/c1-3-4-12-21(29)28(16-22(30)31-2)15-17-8-7-9-18(14-13-17)19-10-5-6-11-20(19)23-24-26-27-25-23;1-4(2)3;2*1-2/h5-6,9,11,13-14,17,19H,3-4,10,12,15-16H2,1-2H3,(H,24,25,26,27);4H,1-3H3;2*1-2H3. The average Bonchev–Trinajstić information content (AvgIpc) is 3.39. The fraction of sp³-hybridized carbons (Fsp3) is 0.581. The molecule has 8 nitrogen and oxygen atoms in total. The Balaban J connectivity index is 0.00000162. The zero-order chi connectivity index (χ0) is 29.6. The highest BCUT2D eigenvalue weighted by Crippen LogP contribution is 2.34. The van der Waals surface area contributed by atoms with Crippen LogP contribution in [0.1, 0.15) is 86.9 Å². The van der Waals surface area contributed by atoms with Crippen molar-refractivity contribution in [2.45, 2.75) is 81.1 Å². The minimum absolute atomic E-state index is 0.0559. The summed E-state index contributed by atoms with van der Waals surface area (Å²) in [4.78, 5) is 25.9. The monoisotopic (exact) mass is 539 g/mol. The number of rotatable bonds is 9. The Kier molecular flexibility index (Phi) is 19.6. The molecule has 1 N–H and O–H groups in total. The van der Waals surface area contributed by atoms with Gasteiger partial charge in [-0.25, -0.2) is 0 Å². The number of tetrazole rings is 1. The van der Waals surface area contributed by atoms with E-state index in [1.54, 1.807) is 4.90 Å². The summed E-state index contributed by atoms with van der Waals surface area (Å²) in [6.07, 6.45) is 14.9. The molecule has 0 radical (unpaired) electrons. The first kappa shape index (κ1) is 35.5. The van der Waals surface area contributed by atoms with Gasteiger partial charge in [0.1, 0.15) is 6.54 Å². The quantitative estimate of drug-likeness (QED) is 0.297. The fourth-order valence-corrected chi connectivity index (χ4v) is 3.54. The van der Waals surface area contributed by atoms with E-state index >= 15 is 0 Å². The second kappa shape index (κ2) is 21.5. The number of esters is 1. The van der Waals surface area contributed by atoms with Crippen LogP contribution in [0.25, 0.3) is 5.57 Å². The molecule has 0 bridgehead atoms. The van der Waals surface area contributed by atoms with E-state index in [0.717, 1.165) is 36.3 Å². The van der Waals surface area contributed by atoms with E-state index < -0.39 is 5.97 Å². The van der Waals surface area contributed by atoms with Crippen LogP contribution < -0.4 is 0 Å². The van der Waals surface area contributed by atoms with E-state index in [9.17, 15) is 9.59 Å². The van der Waals surface area contributed by atoms with Crippen LogP contribution in [0.15, 0.2) is 42.0 Å². The number of carbonyl (C=O) groups excluding carboxylic acids is 2. The summed E-state index contributed by atoms with van der Waals surface area (Å²) in [6, 6.07) is 0. The summed E-state index contributed by atoms with van der Waals surface area (Å²) in [7, 11) is 1.33. The molecule has 1 heterocycles. The first-order valence-electron chi connectivity index (χ1n) is 14.2. The Morgan fingerprint density at radius 1 is 1.21 bits per heavy atom. The zero-order valence-corrected chi connectivity index (χ0v) is 25.5. The highest BCUT2D eigenvalue weighted by atomic mass is 16.5. The van der Waals surface area contributed by atoms with Gasteiger partial charge in [-0.15, -0.1) is 10.2 Å². The number of H-pyrrole nitrogens is 1. The molecule has 1 aromatic heterocycles. The summed E-state index contributed by atoms with van der Waals surface area (Å²) in [6.45, 7) is 16.8. The van der Waals surface area contributed by atoms with Crippen LogP contribution in [0.5, 0.6) is 0 Å². The maximum absolute atomic E-state index is 12.6. The van der Waals surface area contributed by atoms with E-state index in [0.29, 0.717) is 18.8 Å². The number of hydrogen-bond donors (Lipinski definition) is 1. The molecule has 2 unspecified atom stereocenters. The van der Waals surface area contributed by atoms with Crippen molar-refractivity contribution in [1.29, 1.82) is 0 Å². The number of amides is 1. The predicted molar refractivity (Wildman–Crippen MR) is 159 cm³/mol. The normalized spacial score (nSPS) is 16.8. The van der Waals surface area contributed by atoms with Crippen molar-refractivity contribution in [3.63, 3.8) is 0 Å². The molecule has 2 aliphatic carbocycles. The van der Waals surface area contributed by atoms with Crippen LogP contribution in [0.3, 0.4) is 0 Å². The number of nitrogens with one attached hydrogen (secondary N) is 1. The second-order valence-corrected chi connectivity index (χ2v) is 9.16. The van der Waals surface area contributed by atoms with Gasteiger partial charge in [0, 0.05) is 24.5 Å². The molecule has 1 amide bonds. The van der Waals surface area contributed by atoms with Gasteiger partial charge in [0.05, 0.1) is 13.0 Å². The van der Waals surface area contributed by atoms with E-state index in [2.05, 4.69) is 59.3 Å². The third-order valence-electron chi connectivity index (χ3n) is 5.26. The maximum atomic E-state index is 12.6. The lowest BCUT2D eigenvalue weighted by Gasteiger charge is -2.23. The predicted octanol–water partition coefficient (Wildman–Crippen LogP) is 6.18. The molecular formula is C31H49N5O3. The van der Waals surface area contributed by atoms with Crippen molar-refractivity contribution in [2.75, 3.05) is 20.2 Å². The van der Waals surface area contributed by atoms with Gasteiger partial charge in [0.15, 0.2) is 0 Å². The summed E-state index contributed by atoms with van der Waals surface area (Å²) in [5.74, 6) is 7.12. The fourth-order valence-electron chi connectivity index (χ4n) is 3.54. The number of carbonyl (C=O) groups is 2. The molecule has 0 fully saturated rings.